The number of pyridine rings is 1. The van der Waals surface area contributed by atoms with E-state index >= 15 is 0 Å². The van der Waals surface area contributed by atoms with Crippen molar-refractivity contribution >= 4 is 23.8 Å². The van der Waals surface area contributed by atoms with Gasteiger partial charge in [-0.05, 0) is 18.6 Å². The highest BCUT2D eigenvalue weighted by Crippen LogP contribution is 2.29. The summed E-state index contributed by atoms with van der Waals surface area (Å²) in [4.78, 5) is 30.6. The fourth-order valence-electron chi connectivity index (χ4n) is 2.15. The Morgan fingerprint density at radius 2 is 2.35 bits per heavy atom. The van der Waals surface area contributed by atoms with E-state index < -0.39 is 12.0 Å². The number of aromatic nitrogens is 1. The Bertz CT molecular complexity index is 497. The molecule has 2 rings (SSSR count). The lowest BCUT2D eigenvalue weighted by Crippen LogP contribution is -2.49. The van der Waals surface area contributed by atoms with Crippen LogP contribution in [0.5, 0.6) is 0 Å². The Kier molecular flexibility index (Phi) is 4.49. The van der Waals surface area contributed by atoms with Crippen molar-refractivity contribution < 1.29 is 14.7 Å². The summed E-state index contributed by atoms with van der Waals surface area (Å²) in [6.45, 7) is 2.26. The van der Waals surface area contributed by atoms with Crippen LogP contribution in [0, 0.1) is 0 Å². The van der Waals surface area contributed by atoms with Crippen LogP contribution in [-0.4, -0.2) is 56.1 Å². The predicted octanol–water partition coefficient (Wildman–Crippen LogP) is 1.48. The number of carbonyl (C=O) groups is 2. The zero-order chi connectivity index (χ0) is 14.7. The molecule has 2 amide bonds. The van der Waals surface area contributed by atoms with Crippen LogP contribution in [-0.2, 0) is 11.3 Å². The Morgan fingerprint density at radius 1 is 1.60 bits per heavy atom. The molecule has 0 saturated carbocycles. The van der Waals surface area contributed by atoms with E-state index in [1.165, 1.54) is 21.6 Å². The number of carbonyl (C=O) groups excluding carboxylic acids is 1. The first-order valence-electron chi connectivity index (χ1n) is 6.27. The van der Waals surface area contributed by atoms with Gasteiger partial charge in [0.05, 0.1) is 5.37 Å². The fourth-order valence-corrected chi connectivity index (χ4v) is 3.32. The van der Waals surface area contributed by atoms with Crippen LogP contribution in [0.2, 0.25) is 0 Å². The lowest BCUT2D eigenvalue weighted by atomic mass is 10.2. The normalized spacial score (nSPS) is 21.8. The van der Waals surface area contributed by atoms with E-state index in [-0.39, 0.29) is 11.4 Å². The molecular formula is C13H17N3O3S. The third kappa shape index (κ3) is 3.04. The van der Waals surface area contributed by atoms with Gasteiger partial charge in [-0.3, -0.25) is 9.88 Å². The number of aliphatic carboxylic acids is 1. The molecule has 2 atom stereocenters. The molecule has 6 nitrogen and oxygen atoms in total. The SMILES string of the molecule is CC1SCC(C(=O)O)N1C(=O)N(C)Cc1cccnc1. The van der Waals surface area contributed by atoms with Gasteiger partial charge in [-0.1, -0.05) is 6.07 Å². The van der Waals surface area contributed by atoms with Gasteiger partial charge in [-0.15, -0.1) is 11.8 Å². The average molecular weight is 295 g/mol. The van der Waals surface area contributed by atoms with Gasteiger partial charge in [0.15, 0.2) is 0 Å². The molecule has 0 radical (unpaired) electrons. The Hall–Kier alpha value is -1.76. The second-order valence-electron chi connectivity index (χ2n) is 4.69. The zero-order valence-corrected chi connectivity index (χ0v) is 12.2. The second kappa shape index (κ2) is 6.13. The number of amides is 2. The van der Waals surface area contributed by atoms with Crippen molar-refractivity contribution in [1.82, 2.24) is 14.8 Å². The molecule has 2 unspecified atom stereocenters. The van der Waals surface area contributed by atoms with E-state index in [0.29, 0.717) is 12.3 Å². The minimum Gasteiger partial charge on any atom is -0.480 e. The topological polar surface area (TPSA) is 73.7 Å². The van der Waals surface area contributed by atoms with Crippen molar-refractivity contribution in [2.45, 2.75) is 24.9 Å². The molecule has 2 heterocycles. The molecule has 1 aliphatic rings. The smallest absolute Gasteiger partial charge is 0.327 e. The van der Waals surface area contributed by atoms with Gasteiger partial charge in [0.25, 0.3) is 0 Å². The van der Waals surface area contributed by atoms with Gasteiger partial charge < -0.3 is 10.0 Å². The number of carboxylic acids is 1. The minimum absolute atomic E-state index is 0.125. The quantitative estimate of drug-likeness (QED) is 0.914. The van der Waals surface area contributed by atoms with Crippen LogP contribution in [0.1, 0.15) is 12.5 Å². The van der Waals surface area contributed by atoms with E-state index in [1.807, 2.05) is 19.1 Å². The van der Waals surface area contributed by atoms with Crippen molar-refractivity contribution in [2.24, 2.45) is 0 Å². The lowest BCUT2D eigenvalue weighted by molar-refractivity contribution is -0.141. The molecule has 0 spiro atoms. The summed E-state index contributed by atoms with van der Waals surface area (Å²) in [5.74, 6) is -0.520. The fraction of sp³-hybridized carbons (Fsp3) is 0.462. The maximum atomic E-state index is 12.4. The Morgan fingerprint density at radius 3 is 2.95 bits per heavy atom. The maximum absolute atomic E-state index is 12.4. The molecule has 108 valence electrons. The third-order valence-electron chi connectivity index (χ3n) is 3.20. The molecule has 0 bridgehead atoms. The molecule has 20 heavy (non-hydrogen) atoms. The van der Waals surface area contributed by atoms with Crippen LogP contribution >= 0.6 is 11.8 Å². The van der Waals surface area contributed by atoms with Crippen molar-refractivity contribution in [1.29, 1.82) is 0 Å². The van der Waals surface area contributed by atoms with Crippen molar-refractivity contribution in [3.63, 3.8) is 0 Å². The first kappa shape index (κ1) is 14.6. The summed E-state index contributed by atoms with van der Waals surface area (Å²) < 4.78 is 0. The number of hydrogen-bond donors (Lipinski definition) is 1. The first-order chi connectivity index (χ1) is 9.50. The molecule has 1 aromatic heterocycles. The standard InChI is InChI=1S/C13H17N3O3S/c1-9-16(11(8-20-9)12(17)18)13(19)15(2)7-10-4-3-5-14-6-10/h3-6,9,11H,7-8H2,1-2H3,(H,17,18). The zero-order valence-electron chi connectivity index (χ0n) is 11.4. The summed E-state index contributed by atoms with van der Waals surface area (Å²) in [5, 5.41) is 9.06. The van der Waals surface area contributed by atoms with Gasteiger partial charge in [0.1, 0.15) is 6.04 Å². The van der Waals surface area contributed by atoms with Crippen LogP contribution in [0.15, 0.2) is 24.5 Å². The molecule has 1 aromatic rings. The Balaban J connectivity index is 2.07. The molecule has 7 heteroatoms. The van der Waals surface area contributed by atoms with Crippen LogP contribution in [0.4, 0.5) is 4.79 Å². The summed E-state index contributed by atoms with van der Waals surface area (Å²) in [7, 11) is 1.67. The van der Waals surface area contributed by atoms with Crippen LogP contribution in [0.3, 0.4) is 0 Å². The van der Waals surface area contributed by atoms with Gasteiger partial charge in [0.2, 0.25) is 0 Å². The second-order valence-corrected chi connectivity index (χ2v) is 6.04. The number of urea groups is 1. The molecular weight excluding hydrogens is 278 g/mol. The lowest BCUT2D eigenvalue weighted by Gasteiger charge is -2.30. The summed E-state index contributed by atoms with van der Waals surface area (Å²) >= 11 is 1.48. The van der Waals surface area contributed by atoms with Gasteiger partial charge in [-0.2, -0.15) is 0 Å². The molecule has 1 fully saturated rings. The summed E-state index contributed by atoms with van der Waals surface area (Å²) in [6.07, 6.45) is 3.37. The number of nitrogens with zero attached hydrogens (tertiary/aromatic N) is 3. The largest absolute Gasteiger partial charge is 0.480 e. The number of hydrogen-bond acceptors (Lipinski definition) is 4. The summed E-state index contributed by atoms with van der Waals surface area (Å²) in [5.41, 5.74) is 0.912. The van der Waals surface area contributed by atoms with Crippen molar-refractivity contribution in [2.75, 3.05) is 12.8 Å². The Labute approximate surface area is 121 Å². The highest BCUT2D eigenvalue weighted by Gasteiger charge is 2.40. The highest BCUT2D eigenvalue weighted by atomic mass is 32.2. The monoisotopic (exact) mass is 295 g/mol. The maximum Gasteiger partial charge on any atom is 0.327 e. The molecule has 0 aromatic carbocycles. The predicted molar refractivity (Wildman–Crippen MR) is 76.3 cm³/mol. The van der Waals surface area contributed by atoms with Gasteiger partial charge in [-0.25, -0.2) is 9.59 Å². The van der Waals surface area contributed by atoms with Gasteiger partial charge >= 0.3 is 12.0 Å². The van der Waals surface area contributed by atoms with Crippen molar-refractivity contribution in [3.05, 3.63) is 30.1 Å². The van der Waals surface area contributed by atoms with E-state index in [9.17, 15) is 14.7 Å². The van der Waals surface area contributed by atoms with Crippen LogP contribution < -0.4 is 0 Å². The van der Waals surface area contributed by atoms with Crippen LogP contribution in [0.25, 0.3) is 0 Å². The number of thioether (sulfide) groups is 1. The molecule has 0 aliphatic carbocycles. The van der Waals surface area contributed by atoms with Gasteiger partial charge in [0, 0.05) is 31.7 Å². The first-order valence-corrected chi connectivity index (χ1v) is 7.32. The number of carboxylic acid groups (broad SMARTS) is 1. The minimum atomic E-state index is -0.954. The molecule has 1 saturated heterocycles. The van der Waals surface area contributed by atoms with E-state index in [1.54, 1.807) is 19.4 Å². The van der Waals surface area contributed by atoms with E-state index in [2.05, 4.69) is 4.98 Å². The summed E-state index contributed by atoms with van der Waals surface area (Å²) in [6, 6.07) is 2.67. The third-order valence-corrected chi connectivity index (χ3v) is 4.42. The van der Waals surface area contributed by atoms with Crippen molar-refractivity contribution in [3.8, 4) is 0 Å². The number of rotatable bonds is 3. The molecule has 1 aliphatic heterocycles. The van der Waals surface area contributed by atoms with E-state index in [4.69, 9.17) is 0 Å². The average Bonchev–Trinajstić information content (AvgIpc) is 2.81. The molecule has 1 N–H and O–H groups in total. The highest BCUT2D eigenvalue weighted by molar-refractivity contribution is 8.00. The van der Waals surface area contributed by atoms with E-state index in [0.717, 1.165) is 5.56 Å².